The zero-order valence-electron chi connectivity index (χ0n) is 10.1. The fraction of sp³-hybridized carbons (Fsp3) is 0.636. The molecule has 2 atom stereocenters. The highest BCUT2D eigenvalue weighted by Gasteiger charge is 2.15. The van der Waals surface area contributed by atoms with Gasteiger partial charge in [0.2, 0.25) is 5.91 Å². The molecule has 0 saturated carbocycles. The summed E-state index contributed by atoms with van der Waals surface area (Å²) in [6.07, 6.45) is -0.0642. The Morgan fingerprint density at radius 2 is 1.69 bits per heavy atom. The lowest BCUT2D eigenvalue weighted by Gasteiger charge is -2.16. The van der Waals surface area contributed by atoms with Crippen LogP contribution in [0.4, 0.5) is 0 Å². The quantitative estimate of drug-likeness (QED) is 0.605. The standard InChI is InChI=1S/C11H19NO4/c1-6(5-7(2)13)12-10(14)8(3)9(4)11(15)16/h6-7,13H,5H2,1-4H3,(H,12,14)(H,15,16). The number of hydrogen-bond donors (Lipinski definition) is 3. The maximum absolute atomic E-state index is 11.6. The first-order valence-electron chi connectivity index (χ1n) is 5.15. The monoisotopic (exact) mass is 229 g/mol. The Bertz CT molecular complexity index is 307. The van der Waals surface area contributed by atoms with Crippen LogP contribution in [0.1, 0.15) is 34.1 Å². The van der Waals surface area contributed by atoms with Crippen LogP contribution in [0.3, 0.4) is 0 Å². The van der Waals surface area contributed by atoms with E-state index < -0.39 is 18.0 Å². The Labute approximate surface area is 95.2 Å². The van der Waals surface area contributed by atoms with Crippen LogP contribution < -0.4 is 5.32 Å². The van der Waals surface area contributed by atoms with Gasteiger partial charge in [-0.1, -0.05) is 0 Å². The Kier molecular flexibility index (Phi) is 5.74. The summed E-state index contributed by atoms with van der Waals surface area (Å²) >= 11 is 0. The summed E-state index contributed by atoms with van der Waals surface area (Å²) in [4.78, 5) is 22.2. The molecule has 5 nitrogen and oxygen atoms in total. The van der Waals surface area contributed by atoms with Crippen LogP contribution in [0.2, 0.25) is 0 Å². The normalized spacial score (nSPS) is 16.1. The maximum atomic E-state index is 11.6. The van der Waals surface area contributed by atoms with Gasteiger partial charge in [0.1, 0.15) is 0 Å². The summed E-state index contributed by atoms with van der Waals surface area (Å²) < 4.78 is 0. The van der Waals surface area contributed by atoms with Crippen molar-refractivity contribution in [1.29, 1.82) is 0 Å². The average molecular weight is 229 g/mol. The first-order chi connectivity index (χ1) is 7.25. The molecule has 0 aromatic rings. The highest BCUT2D eigenvalue weighted by atomic mass is 16.4. The molecule has 0 aliphatic heterocycles. The van der Waals surface area contributed by atoms with Crippen molar-refractivity contribution in [3.63, 3.8) is 0 Å². The van der Waals surface area contributed by atoms with E-state index in [4.69, 9.17) is 10.2 Å². The number of carboxylic acids is 1. The van der Waals surface area contributed by atoms with E-state index in [-0.39, 0.29) is 17.2 Å². The molecule has 0 fully saturated rings. The number of nitrogens with one attached hydrogen (secondary N) is 1. The van der Waals surface area contributed by atoms with Crippen LogP contribution in [-0.4, -0.2) is 34.2 Å². The lowest BCUT2D eigenvalue weighted by Crippen LogP contribution is -2.35. The minimum Gasteiger partial charge on any atom is -0.478 e. The van der Waals surface area contributed by atoms with Crippen LogP contribution in [0.15, 0.2) is 11.1 Å². The van der Waals surface area contributed by atoms with E-state index in [1.54, 1.807) is 13.8 Å². The van der Waals surface area contributed by atoms with Gasteiger partial charge in [0.15, 0.2) is 0 Å². The molecule has 0 radical (unpaired) electrons. The zero-order valence-corrected chi connectivity index (χ0v) is 10.1. The predicted molar refractivity (Wildman–Crippen MR) is 59.9 cm³/mol. The lowest BCUT2D eigenvalue weighted by molar-refractivity contribution is -0.133. The minimum atomic E-state index is -1.10. The van der Waals surface area contributed by atoms with Crippen LogP contribution in [0.5, 0.6) is 0 Å². The number of carbonyl (C=O) groups is 2. The van der Waals surface area contributed by atoms with Gasteiger partial charge in [-0.15, -0.1) is 0 Å². The van der Waals surface area contributed by atoms with Crippen LogP contribution in [-0.2, 0) is 9.59 Å². The van der Waals surface area contributed by atoms with E-state index in [2.05, 4.69) is 5.32 Å². The molecule has 92 valence electrons. The molecule has 16 heavy (non-hydrogen) atoms. The van der Waals surface area contributed by atoms with Gasteiger partial charge in [0.25, 0.3) is 0 Å². The van der Waals surface area contributed by atoms with Gasteiger partial charge in [-0.3, -0.25) is 4.79 Å². The summed E-state index contributed by atoms with van der Waals surface area (Å²) in [5, 5.41) is 20.4. The van der Waals surface area contributed by atoms with E-state index in [0.29, 0.717) is 6.42 Å². The van der Waals surface area contributed by atoms with E-state index in [0.717, 1.165) is 0 Å². The largest absolute Gasteiger partial charge is 0.478 e. The summed E-state index contributed by atoms with van der Waals surface area (Å²) in [5.74, 6) is -1.51. The molecule has 2 unspecified atom stereocenters. The molecule has 3 N–H and O–H groups in total. The van der Waals surface area contributed by atoms with Crippen molar-refractivity contribution in [3.8, 4) is 0 Å². The first-order valence-corrected chi connectivity index (χ1v) is 5.15. The van der Waals surface area contributed by atoms with Crippen molar-refractivity contribution < 1.29 is 19.8 Å². The van der Waals surface area contributed by atoms with E-state index >= 15 is 0 Å². The van der Waals surface area contributed by atoms with Gasteiger partial charge in [-0.05, 0) is 34.1 Å². The number of carboxylic acid groups (broad SMARTS) is 1. The van der Waals surface area contributed by atoms with Crippen LogP contribution in [0.25, 0.3) is 0 Å². The van der Waals surface area contributed by atoms with E-state index in [1.165, 1.54) is 13.8 Å². The van der Waals surface area contributed by atoms with E-state index in [1.807, 2.05) is 0 Å². The fourth-order valence-electron chi connectivity index (χ4n) is 1.23. The summed E-state index contributed by atoms with van der Waals surface area (Å²) in [7, 11) is 0. The predicted octanol–water partition coefficient (Wildman–Crippen LogP) is 0.683. The Balaban J connectivity index is 4.48. The van der Waals surface area contributed by atoms with Gasteiger partial charge in [0.05, 0.1) is 6.10 Å². The molecular formula is C11H19NO4. The molecule has 0 spiro atoms. The molecule has 0 bridgehead atoms. The highest BCUT2D eigenvalue weighted by molar-refractivity contribution is 6.01. The van der Waals surface area contributed by atoms with Gasteiger partial charge >= 0.3 is 5.97 Å². The van der Waals surface area contributed by atoms with Gasteiger partial charge < -0.3 is 15.5 Å². The summed E-state index contributed by atoms with van der Waals surface area (Å²) in [6.45, 7) is 6.24. The lowest BCUT2D eigenvalue weighted by atomic mass is 10.1. The average Bonchev–Trinajstić information content (AvgIpc) is 2.13. The van der Waals surface area contributed by atoms with Crippen LogP contribution >= 0.6 is 0 Å². The van der Waals surface area contributed by atoms with Crippen LogP contribution in [0, 0.1) is 0 Å². The number of hydrogen-bond acceptors (Lipinski definition) is 3. The Hall–Kier alpha value is -1.36. The first kappa shape index (κ1) is 14.6. The second-order valence-electron chi connectivity index (χ2n) is 4.01. The van der Waals surface area contributed by atoms with Crippen molar-refractivity contribution in [2.75, 3.05) is 0 Å². The molecule has 0 saturated heterocycles. The van der Waals surface area contributed by atoms with Gasteiger partial charge in [-0.2, -0.15) is 0 Å². The van der Waals surface area contributed by atoms with Crippen molar-refractivity contribution in [3.05, 3.63) is 11.1 Å². The molecule has 0 aromatic carbocycles. The number of aliphatic hydroxyl groups excluding tert-OH is 1. The third-order valence-electron chi connectivity index (χ3n) is 2.30. The topological polar surface area (TPSA) is 86.6 Å². The fourth-order valence-corrected chi connectivity index (χ4v) is 1.23. The Morgan fingerprint density at radius 3 is 2.06 bits per heavy atom. The van der Waals surface area contributed by atoms with Crippen molar-refractivity contribution in [2.45, 2.75) is 46.3 Å². The number of rotatable bonds is 5. The second kappa shape index (κ2) is 6.27. The third kappa shape index (κ3) is 4.93. The number of amides is 1. The van der Waals surface area contributed by atoms with Crippen molar-refractivity contribution in [2.24, 2.45) is 0 Å². The molecular weight excluding hydrogens is 210 g/mol. The summed E-state index contributed by atoms with van der Waals surface area (Å²) in [5.41, 5.74) is 0.215. The molecule has 0 aromatic heterocycles. The van der Waals surface area contributed by atoms with E-state index in [9.17, 15) is 9.59 Å². The van der Waals surface area contributed by atoms with Crippen molar-refractivity contribution in [1.82, 2.24) is 5.32 Å². The molecule has 5 heteroatoms. The molecule has 1 amide bonds. The maximum Gasteiger partial charge on any atom is 0.331 e. The number of aliphatic carboxylic acids is 1. The van der Waals surface area contributed by atoms with Gasteiger partial charge in [-0.25, -0.2) is 4.79 Å². The number of aliphatic hydroxyl groups is 1. The second-order valence-corrected chi connectivity index (χ2v) is 4.01. The molecule has 0 heterocycles. The Morgan fingerprint density at radius 1 is 1.19 bits per heavy atom. The molecule has 0 aliphatic carbocycles. The molecule has 0 aliphatic rings. The van der Waals surface area contributed by atoms with Gasteiger partial charge in [0, 0.05) is 17.2 Å². The van der Waals surface area contributed by atoms with Crippen molar-refractivity contribution >= 4 is 11.9 Å². The summed E-state index contributed by atoms with van der Waals surface area (Å²) in [6, 6.07) is -0.191. The minimum absolute atomic E-state index is 0.0294. The third-order valence-corrected chi connectivity index (χ3v) is 2.30. The zero-order chi connectivity index (χ0) is 12.9. The highest BCUT2D eigenvalue weighted by Crippen LogP contribution is 2.05. The molecule has 0 rings (SSSR count). The smallest absolute Gasteiger partial charge is 0.331 e. The SMILES string of the molecule is CC(C(=O)O)=C(C)C(=O)NC(C)CC(C)O. The number of carbonyl (C=O) groups excluding carboxylic acids is 1.